The van der Waals surface area contributed by atoms with Gasteiger partial charge in [-0.05, 0) is 81.6 Å². The van der Waals surface area contributed by atoms with Crippen LogP contribution < -0.4 is 10.5 Å². The van der Waals surface area contributed by atoms with Crippen molar-refractivity contribution in [3.05, 3.63) is 27.7 Å². The summed E-state index contributed by atoms with van der Waals surface area (Å²) in [5.74, 6) is 0.290. The van der Waals surface area contributed by atoms with Crippen LogP contribution in [0.25, 0.3) is 0 Å². The first-order chi connectivity index (χ1) is 22.1. The van der Waals surface area contributed by atoms with Crippen molar-refractivity contribution >= 4 is 51.8 Å². The first-order valence-electron chi connectivity index (χ1n) is 16.8. The number of nitrogens with zero attached hydrogens (tertiary/aromatic N) is 2. The maximum Gasteiger partial charge on any atom is 0.410 e. The highest BCUT2D eigenvalue weighted by atomic mass is 79.9. The Hall–Kier alpha value is -2.47. The zero-order valence-electron chi connectivity index (χ0n) is 32.5. The highest BCUT2D eigenvalue weighted by Gasteiger charge is 2.29. The molecule has 0 saturated carbocycles. The number of primary amides is 1. The Morgan fingerprint density at radius 3 is 1.82 bits per heavy atom. The number of carbonyl (C=O) groups is 4. The van der Waals surface area contributed by atoms with Crippen LogP contribution in [-0.4, -0.2) is 70.2 Å². The SMILES string of the molecule is C.CC(N)=O.CCC.CCC.CCC(=O)OC(C)(C)C.CCCN(CC(C)COc1cc2c(cc1Br)CN(SC)C2=O)C(=O)OC(C)(C)C. The van der Waals surface area contributed by atoms with E-state index in [0.29, 0.717) is 44.0 Å². The number of halogens is 1. The molecule has 2 rings (SSSR count). The molecule has 1 aromatic rings. The van der Waals surface area contributed by atoms with Crippen LogP contribution in [0.1, 0.15) is 146 Å². The standard InChI is InChI=1S/C21H31BrN2O4S.C7H14O2.2C3H8.C2H5NO.CH4/c1-7-8-23(20(26)28-21(3,4)5)11-14(2)13-27-18-10-16-15(9-17(18)22)12-24(29-6)19(16)25;1-5-6(8)9-7(2,3)4;2*1-3-2;1-2(3)4;/h9-10,14H,7-8,11-13H2,1-6H3;5H2,1-4H3;2*3H2,1-2H3;1H3,(H2,3,4);1H4. The highest BCUT2D eigenvalue weighted by Crippen LogP contribution is 2.35. The van der Waals surface area contributed by atoms with E-state index >= 15 is 0 Å². The smallest absolute Gasteiger partial charge is 0.410 e. The minimum absolute atomic E-state index is 0. The Balaban J connectivity index is -0.000000417. The summed E-state index contributed by atoms with van der Waals surface area (Å²) in [6, 6.07) is 3.76. The monoisotopic (exact) mass is 779 g/mol. The number of hydrogen-bond acceptors (Lipinski definition) is 8. The molecular formula is C37H70BrN3O7S. The first kappa shape index (κ1) is 53.3. The minimum atomic E-state index is -0.519. The molecule has 1 atom stereocenters. The maximum absolute atomic E-state index is 12.4. The number of hydrogen-bond donors (Lipinski definition) is 1. The van der Waals surface area contributed by atoms with Gasteiger partial charge in [-0.25, -0.2) is 4.79 Å². The number of amides is 3. The fraction of sp³-hybridized carbons (Fsp3) is 0.730. The third-order valence-corrected chi connectivity index (χ3v) is 6.41. The molecule has 1 unspecified atom stereocenters. The Bertz CT molecular complexity index is 1080. The van der Waals surface area contributed by atoms with E-state index in [1.807, 2.05) is 73.8 Å². The second kappa shape index (κ2) is 28.3. The van der Waals surface area contributed by atoms with Crippen LogP contribution >= 0.6 is 27.9 Å². The molecule has 0 saturated heterocycles. The van der Waals surface area contributed by atoms with Gasteiger partial charge in [0.2, 0.25) is 5.91 Å². The van der Waals surface area contributed by atoms with E-state index in [0.717, 1.165) is 16.5 Å². The Morgan fingerprint density at radius 2 is 1.45 bits per heavy atom. The second-order valence-corrected chi connectivity index (χ2v) is 14.9. The van der Waals surface area contributed by atoms with Gasteiger partial charge in [0.25, 0.3) is 5.91 Å². The number of ether oxygens (including phenoxy) is 3. The number of rotatable bonds is 9. The number of carbonyl (C=O) groups excluding carboxylic acids is 4. The van der Waals surface area contributed by atoms with Crippen molar-refractivity contribution in [1.29, 1.82) is 0 Å². The van der Waals surface area contributed by atoms with Crippen molar-refractivity contribution in [3.8, 4) is 5.75 Å². The van der Waals surface area contributed by atoms with Crippen molar-refractivity contribution < 1.29 is 33.4 Å². The number of esters is 1. The Labute approximate surface area is 312 Å². The zero-order valence-corrected chi connectivity index (χ0v) is 34.9. The van der Waals surface area contributed by atoms with Gasteiger partial charge in [0, 0.05) is 44.2 Å². The van der Waals surface area contributed by atoms with Gasteiger partial charge in [0.1, 0.15) is 17.0 Å². The normalized spacial score (nSPS) is 11.9. The summed E-state index contributed by atoms with van der Waals surface area (Å²) in [7, 11) is 0. The zero-order chi connectivity index (χ0) is 38.3. The van der Waals surface area contributed by atoms with Gasteiger partial charge in [-0.2, -0.15) is 0 Å². The average molecular weight is 781 g/mol. The predicted octanol–water partition coefficient (Wildman–Crippen LogP) is 10.0. The lowest BCUT2D eigenvalue weighted by Gasteiger charge is -2.29. The van der Waals surface area contributed by atoms with E-state index in [1.54, 1.807) is 16.1 Å². The topological polar surface area (TPSA) is 128 Å². The summed E-state index contributed by atoms with van der Waals surface area (Å²) in [6.07, 6.45) is 5.41. The average Bonchev–Trinajstić information content (AvgIpc) is 3.24. The van der Waals surface area contributed by atoms with Crippen LogP contribution in [-0.2, 0) is 25.6 Å². The third kappa shape index (κ3) is 28.0. The molecule has 0 fully saturated rings. The first-order valence-corrected chi connectivity index (χ1v) is 18.8. The summed E-state index contributed by atoms with van der Waals surface area (Å²) in [5, 5.41) is 0. The summed E-state index contributed by atoms with van der Waals surface area (Å²) in [4.78, 5) is 46.4. The molecule has 288 valence electrons. The molecule has 2 N–H and O–H groups in total. The molecule has 10 nitrogen and oxygen atoms in total. The quantitative estimate of drug-likeness (QED) is 0.194. The molecule has 3 amide bonds. The molecule has 0 radical (unpaired) electrons. The Morgan fingerprint density at radius 1 is 0.980 bits per heavy atom. The minimum Gasteiger partial charge on any atom is -0.492 e. The summed E-state index contributed by atoms with van der Waals surface area (Å²) < 4.78 is 19.0. The number of benzene rings is 1. The molecule has 1 heterocycles. The van der Waals surface area contributed by atoms with Crippen molar-refractivity contribution in [2.45, 2.75) is 148 Å². The van der Waals surface area contributed by atoms with E-state index in [-0.39, 0.29) is 42.8 Å². The second-order valence-electron chi connectivity index (χ2n) is 13.3. The van der Waals surface area contributed by atoms with E-state index in [2.05, 4.69) is 49.4 Å². The van der Waals surface area contributed by atoms with E-state index < -0.39 is 5.60 Å². The largest absolute Gasteiger partial charge is 0.492 e. The molecule has 0 bridgehead atoms. The Kier molecular flexibility index (Phi) is 30.7. The predicted molar refractivity (Wildman–Crippen MR) is 210 cm³/mol. The van der Waals surface area contributed by atoms with Crippen LogP contribution in [0.15, 0.2) is 16.6 Å². The lowest BCUT2D eigenvalue weighted by molar-refractivity contribution is -0.154. The maximum atomic E-state index is 12.4. The van der Waals surface area contributed by atoms with Crippen LogP contribution in [0.2, 0.25) is 0 Å². The van der Waals surface area contributed by atoms with Gasteiger partial charge in [-0.1, -0.05) is 80.7 Å². The molecular weight excluding hydrogens is 710 g/mol. The highest BCUT2D eigenvalue weighted by molar-refractivity contribution is 9.10. The van der Waals surface area contributed by atoms with Gasteiger partial charge < -0.3 is 24.8 Å². The molecule has 1 aromatic carbocycles. The van der Waals surface area contributed by atoms with Crippen molar-refractivity contribution in [3.63, 3.8) is 0 Å². The van der Waals surface area contributed by atoms with Gasteiger partial charge in [-0.15, -0.1) is 0 Å². The molecule has 0 aliphatic carbocycles. The van der Waals surface area contributed by atoms with Gasteiger partial charge >= 0.3 is 12.1 Å². The summed E-state index contributed by atoms with van der Waals surface area (Å²) >= 11 is 4.97. The molecule has 12 heteroatoms. The molecule has 49 heavy (non-hydrogen) atoms. The lowest BCUT2D eigenvalue weighted by Crippen LogP contribution is -2.40. The molecule has 1 aliphatic heterocycles. The molecule has 1 aliphatic rings. The van der Waals surface area contributed by atoms with Crippen LogP contribution in [0.4, 0.5) is 4.79 Å². The van der Waals surface area contributed by atoms with Crippen molar-refractivity contribution in [2.24, 2.45) is 11.7 Å². The fourth-order valence-electron chi connectivity index (χ4n) is 3.47. The lowest BCUT2D eigenvalue weighted by atomic mass is 10.1. The van der Waals surface area contributed by atoms with E-state index in [1.165, 1.54) is 31.7 Å². The molecule has 0 aromatic heterocycles. The molecule has 0 spiro atoms. The van der Waals surface area contributed by atoms with Crippen LogP contribution in [0.3, 0.4) is 0 Å². The van der Waals surface area contributed by atoms with Gasteiger partial charge in [0.05, 0.1) is 17.6 Å². The van der Waals surface area contributed by atoms with Crippen LogP contribution in [0, 0.1) is 5.92 Å². The van der Waals surface area contributed by atoms with Crippen molar-refractivity contribution in [1.82, 2.24) is 9.21 Å². The van der Waals surface area contributed by atoms with Gasteiger partial charge in [0.15, 0.2) is 0 Å². The third-order valence-electron chi connectivity index (χ3n) is 5.06. The van der Waals surface area contributed by atoms with E-state index in [9.17, 15) is 19.2 Å². The van der Waals surface area contributed by atoms with Gasteiger partial charge in [-0.3, -0.25) is 18.7 Å². The number of nitrogens with two attached hydrogens (primary N) is 1. The summed E-state index contributed by atoms with van der Waals surface area (Å²) in [5.41, 5.74) is 5.31. The van der Waals surface area contributed by atoms with Crippen LogP contribution in [0.5, 0.6) is 5.75 Å². The fourth-order valence-corrected chi connectivity index (χ4v) is 4.51. The van der Waals surface area contributed by atoms with E-state index in [4.69, 9.17) is 14.2 Å². The summed E-state index contributed by atoms with van der Waals surface area (Å²) in [6.45, 7) is 29.1. The number of fused-ring (bicyclic) bond motifs is 1. The van der Waals surface area contributed by atoms with Crippen molar-refractivity contribution in [2.75, 3.05) is 26.0 Å².